The van der Waals surface area contributed by atoms with E-state index < -0.39 is 0 Å². The molecule has 16 heavy (non-hydrogen) atoms. The maximum absolute atomic E-state index is 6.07. The summed E-state index contributed by atoms with van der Waals surface area (Å²) in [6.45, 7) is 0.690. The Hall–Kier alpha value is 0.560. The van der Waals surface area contributed by atoms with E-state index in [2.05, 4.69) is 31.9 Å². The smallest absolute Gasteiger partial charge is 0.139 e. The molecule has 1 aliphatic rings. The molecule has 1 saturated carbocycles. The Kier molecular flexibility index (Phi) is 4.10. The third kappa shape index (κ3) is 2.87. The van der Waals surface area contributed by atoms with Crippen LogP contribution in [0.1, 0.15) is 12.8 Å². The van der Waals surface area contributed by atoms with Gasteiger partial charge >= 0.3 is 0 Å². The lowest BCUT2D eigenvalue weighted by Crippen LogP contribution is -2.14. The number of halogens is 4. The van der Waals surface area contributed by atoms with E-state index in [1.165, 1.54) is 12.8 Å². The highest BCUT2D eigenvalue weighted by Gasteiger charge is 2.42. The number of alkyl halides is 1. The molecule has 88 valence electrons. The highest BCUT2D eigenvalue weighted by Crippen LogP contribution is 2.47. The normalized spacial score (nSPS) is 17.2. The molecule has 0 N–H and O–H groups in total. The minimum absolute atomic E-state index is 0.308. The standard InChI is InChI=1S/C11H10Br2Cl2O/c12-5-11(1-2-11)6-16-10-4-8(14)7(13)3-9(10)15/h3-4H,1-2,5-6H2. The molecule has 0 heterocycles. The summed E-state index contributed by atoms with van der Waals surface area (Å²) in [6.07, 6.45) is 2.42. The Morgan fingerprint density at radius 1 is 1.25 bits per heavy atom. The molecule has 0 amide bonds. The van der Waals surface area contributed by atoms with Crippen molar-refractivity contribution in [2.45, 2.75) is 12.8 Å². The summed E-state index contributed by atoms with van der Waals surface area (Å²) in [5.74, 6) is 0.655. The molecule has 0 saturated heterocycles. The summed E-state index contributed by atoms with van der Waals surface area (Å²) in [5, 5.41) is 2.17. The van der Waals surface area contributed by atoms with Crippen molar-refractivity contribution in [3.63, 3.8) is 0 Å². The van der Waals surface area contributed by atoms with E-state index in [1.807, 2.05) is 0 Å². The van der Waals surface area contributed by atoms with Crippen LogP contribution in [0.4, 0.5) is 0 Å². The second-order valence-electron chi connectivity index (χ2n) is 4.12. The van der Waals surface area contributed by atoms with Gasteiger partial charge in [-0.25, -0.2) is 0 Å². The van der Waals surface area contributed by atoms with Gasteiger partial charge in [0.1, 0.15) is 5.75 Å². The fourth-order valence-corrected chi connectivity index (χ4v) is 2.91. The van der Waals surface area contributed by atoms with Crippen LogP contribution in [-0.2, 0) is 0 Å². The van der Waals surface area contributed by atoms with E-state index in [4.69, 9.17) is 27.9 Å². The third-order valence-electron chi connectivity index (χ3n) is 2.75. The zero-order valence-corrected chi connectivity index (χ0v) is 13.1. The van der Waals surface area contributed by atoms with Crippen molar-refractivity contribution in [1.82, 2.24) is 0 Å². The Morgan fingerprint density at radius 2 is 1.94 bits per heavy atom. The topological polar surface area (TPSA) is 9.23 Å². The molecule has 2 rings (SSSR count). The van der Waals surface area contributed by atoms with Crippen LogP contribution in [-0.4, -0.2) is 11.9 Å². The fraction of sp³-hybridized carbons (Fsp3) is 0.455. The second kappa shape index (κ2) is 5.05. The maximum Gasteiger partial charge on any atom is 0.139 e. The van der Waals surface area contributed by atoms with Crippen LogP contribution in [0.2, 0.25) is 10.0 Å². The first-order valence-electron chi connectivity index (χ1n) is 4.90. The summed E-state index contributed by atoms with van der Waals surface area (Å²) in [7, 11) is 0. The van der Waals surface area contributed by atoms with Crippen LogP contribution in [0, 0.1) is 5.41 Å². The van der Waals surface area contributed by atoms with E-state index in [-0.39, 0.29) is 0 Å². The third-order valence-corrected chi connectivity index (χ3v) is 5.43. The summed E-state index contributed by atoms with van der Waals surface area (Å²) >= 11 is 18.9. The molecule has 0 aromatic heterocycles. The van der Waals surface area contributed by atoms with Gasteiger partial charge in [0.25, 0.3) is 0 Å². The van der Waals surface area contributed by atoms with Crippen molar-refractivity contribution < 1.29 is 4.74 Å². The van der Waals surface area contributed by atoms with Crippen molar-refractivity contribution in [2.75, 3.05) is 11.9 Å². The summed E-state index contributed by atoms with van der Waals surface area (Å²) in [4.78, 5) is 0. The molecule has 0 spiro atoms. The molecule has 1 aliphatic carbocycles. The molecule has 0 unspecified atom stereocenters. The van der Waals surface area contributed by atoms with E-state index >= 15 is 0 Å². The quantitative estimate of drug-likeness (QED) is 0.501. The maximum atomic E-state index is 6.07. The zero-order valence-electron chi connectivity index (χ0n) is 8.40. The number of hydrogen-bond donors (Lipinski definition) is 0. The summed E-state index contributed by atoms with van der Waals surface area (Å²) in [5.41, 5.74) is 0.308. The van der Waals surface area contributed by atoms with Crippen LogP contribution >= 0.6 is 55.1 Å². The molecule has 1 aromatic carbocycles. The van der Waals surface area contributed by atoms with Gasteiger partial charge in [0.05, 0.1) is 16.7 Å². The van der Waals surface area contributed by atoms with Gasteiger partial charge in [-0.1, -0.05) is 39.1 Å². The Labute approximate surface area is 122 Å². The number of hydrogen-bond acceptors (Lipinski definition) is 1. The SMILES string of the molecule is Clc1cc(OCC2(CBr)CC2)c(Cl)cc1Br. The Bertz CT molecular complexity index is 405. The molecule has 1 aromatic rings. The predicted octanol–water partition coefficient (Wildman–Crippen LogP) is 5.31. The lowest BCUT2D eigenvalue weighted by molar-refractivity contribution is 0.251. The zero-order chi connectivity index (χ0) is 11.8. The van der Waals surface area contributed by atoms with E-state index in [0.29, 0.717) is 27.8 Å². The van der Waals surface area contributed by atoms with Crippen LogP contribution in [0.15, 0.2) is 16.6 Å². The first kappa shape index (κ1) is 13.0. The molecule has 0 radical (unpaired) electrons. The summed E-state index contributed by atoms with van der Waals surface area (Å²) in [6, 6.07) is 3.51. The van der Waals surface area contributed by atoms with Crippen LogP contribution < -0.4 is 4.74 Å². The minimum Gasteiger partial charge on any atom is -0.491 e. The van der Waals surface area contributed by atoms with Crippen LogP contribution in [0.25, 0.3) is 0 Å². The molecule has 0 atom stereocenters. The van der Waals surface area contributed by atoms with Gasteiger partial charge in [0.2, 0.25) is 0 Å². The molecule has 0 bridgehead atoms. The van der Waals surface area contributed by atoms with Crippen molar-refractivity contribution in [1.29, 1.82) is 0 Å². The van der Waals surface area contributed by atoms with Crippen LogP contribution in [0.5, 0.6) is 5.75 Å². The lowest BCUT2D eigenvalue weighted by Gasteiger charge is -2.14. The number of rotatable bonds is 4. The lowest BCUT2D eigenvalue weighted by atomic mass is 10.2. The van der Waals surface area contributed by atoms with Crippen molar-refractivity contribution in [3.05, 3.63) is 26.7 Å². The molecular weight excluding hydrogens is 379 g/mol. The number of benzene rings is 1. The first-order chi connectivity index (χ1) is 7.56. The van der Waals surface area contributed by atoms with Gasteiger partial charge in [0.15, 0.2) is 0 Å². The largest absolute Gasteiger partial charge is 0.491 e. The average molecular weight is 389 g/mol. The molecule has 0 aliphatic heterocycles. The van der Waals surface area contributed by atoms with Gasteiger partial charge in [-0.05, 0) is 34.8 Å². The summed E-state index contributed by atoms with van der Waals surface area (Å²) < 4.78 is 6.51. The minimum atomic E-state index is 0.308. The molecule has 1 nitrogen and oxygen atoms in total. The van der Waals surface area contributed by atoms with E-state index in [0.717, 1.165) is 9.80 Å². The van der Waals surface area contributed by atoms with Gasteiger partial charge < -0.3 is 4.74 Å². The van der Waals surface area contributed by atoms with Gasteiger partial charge in [-0.15, -0.1) is 0 Å². The highest BCUT2D eigenvalue weighted by atomic mass is 79.9. The predicted molar refractivity (Wildman–Crippen MR) is 75.1 cm³/mol. The number of ether oxygens (including phenoxy) is 1. The Morgan fingerprint density at radius 3 is 2.50 bits per heavy atom. The monoisotopic (exact) mass is 386 g/mol. The van der Waals surface area contributed by atoms with Gasteiger partial charge in [0, 0.05) is 21.3 Å². The fourth-order valence-electron chi connectivity index (χ4n) is 1.34. The molecule has 5 heteroatoms. The highest BCUT2D eigenvalue weighted by molar-refractivity contribution is 9.10. The van der Waals surface area contributed by atoms with Crippen molar-refractivity contribution in [3.8, 4) is 5.75 Å². The second-order valence-corrected chi connectivity index (χ2v) is 6.35. The molecule has 1 fully saturated rings. The van der Waals surface area contributed by atoms with E-state index in [1.54, 1.807) is 12.1 Å². The van der Waals surface area contributed by atoms with Crippen molar-refractivity contribution in [2.24, 2.45) is 5.41 Å². The van der Waals surface area contributed by atoms with Gasteiger partial charge in [-0.3, -0.25) is 0 Å². The average Bonchev–Trinajstić information content (AvgIpc) is 3.02. The first-order valence-corrected chi connectivity index (χ1v) is 7.57. The van der Waals surface area contributed by atoms with E-state index in [9.17, 15) is 0 Å². The van der Waals surface area contributed by atoms with Crippen LogP contribution in [0.3, 0.4) is 0 Å². The van der Waals surface area contributed by atoms with Gasteiger partial charge in [-0.2, -0.15) is 0 Å². The Balaban J connectivity index is 2.07. The molecular formula is C11H10Br2Cl2O. The van der Waals surface area contributed by atoms with Crippen molar-refractivity contribution >= 4 is 55.1 Å².